The first-order valence-electron chi connectivity index (χ1n) is 6.30. The minimum atomic E-state index is -0.185. The van der Waals surface area contributed by atoms with E-state index in [2.05, 4.69) is 15.5 Å². The van der Waals surface area contributed by atoms with Crippen molar-refractivity contribution in [1.29, 1.82) is 0 Å². The van der Waals surface area contributed by atoms with Crippen LogP contribution in [0.15, 0.2) is 53.3 Å². The summed E-state index contributed by atoms with van der Waals surface area (Å²) in [5.41, 5.74) is 7.35. The summed E-state index contributed by atoms with van der Waals surface area (Å²) in [7, 11) is 0. The zero-order valence-electron chi connectivity index (χ0n) is 10.8. The molecule has 4 N–H and O–H groups in total. The van der Waals surface area contributed by atoms with E-state index in [1.807, 2.05) is 42.5 Å². The van der Waals surface area contributed by atoms with Crippen LogP contribution in [0.4, 0.5) is 11.5 Å². The Balaban J connectivity index is 1.92. The lowest BCUT2D eigenvalue weighted by molar-refractivity contribution is 0.989. The molecule has 0 aliphatic carbocycles. The molecule has 0 spiro atoms. The molecule has 1 heterocycles. The molecule has 0 atom stereocenters. The fourth-order valence-electron chi connectivity index (χ4n) is 2.14. The molecule has 0 radical (unpaired) electrons. The van der Waals surface area contributed by atoms with Crippen molar-refractivity contribution in [3.05, 3.63) is 64.4 Å². The monoisotopic (exact) mass is 266 g/mol. The highest BCUT2D eigenvalue weighted by molar-refractivity contribution is 5.90. The minimum absolute atomic E-state index is 0.185. The summed E-state index contributed by atoms with van der Waals surface area (Å²) in [6.07, 6.45) is 0. The van der Waals surface area contributed by atoms with E-state index in [1.54, 1.807) is 6.07 Å². The lowest BCUT2D eigenvalue weighted by atomic mass is 10.1. The first kappa shape index (κ1) is 12.2. The Labute approximate surface area is 115 Å². The summed E-state index contributed by atoms with van der Waals surface area (Å²) in [6, 6.07) is 15.0. The van der Waals surface area contributed by atoms with Crippen LogP contribution in [0.5, 0.6) is 0 Å². The van der Waals surface area contributed by atoms with Crippen molar-refractivity contribution in [3.63, 3.8) is 0 Å². The van der Waals surface area contributed by atoms with Crippen LogP contribution in [-0.2, 0) is 6.54 Å². The van der Waals surface area contributed by atoms with Gasteiger partial charge in [-0.25, -0.2) is 5.10 Å². The van der Waals surface area contributed by atoms with Gasteiger partial charge >= 0.3 is 0 Å². The summed E-state index contributed by atoms with van der Waals surface area (Å²) in [6.45, 7) is 0.591. The second kappa shape index (κ2) is 5.05. The molecule has 0 bridgehead atoms. The zero-order chi connectivity index (χ0) is 13.9. The van der Waals surface area contributed by atoms with Gasteiger partial charge in [0.1, 0.15) is 0 Å². The Kier molecular flexibility index (Phi) is 3.09. The largest absolute Gasteiger partial charge is 0.399 e. The molecule has 0 saturated heterocycles. The smallest absolute Gasteiger partial charge is 0.272 e. The minimum Gasteiger partial charge on any atom is -0.399 e. The Morgan fingerprint density at radius 2 is 1.90 bits per heavy atom. The fraction of sp³-hybridized carbons (Fsp3) is 0.0667. The van der Waals surface area contributed by atoms with Gasteiger partial charge in [-0.3, -0.25) is 4.79 Å². The predicted molar refractivity (Wildman–Crippen MR) is 80.5 cm³/mol. The summed E-state index contributed by atoms with van der Waals surface area (Å²) in [5.74, 6) is 0.655. The number of nitrogens with two attached hydrogens (primary N) is 1. The molecule has 0 aliphatic rings. The Morgan fingerprint density at radius 3 is 2.70 bits per heavy atom. The number of hydrogen-bond donors (Lipinski definition) is 3. The highest BCUT2D eigenvalue weighted by atomic mass is 16.1. The van der Waals surface area contributed by atoms with Crippen molar-refractivity contribution in [2.24, 2.45) is 0 Å². The second-order valence-corrected chi connectivity index (χ2v) is 4.55. The topological polar surface area (TPSA) is 83.8 Å². The molecule has 2 aromatic carbocycles. The van der Waals surface area contributed by atoms with Gasteiger partial charge in [0, 0.05) is 17.6 Å². The molecule has 3 rings (SSSR count). The number of aromatic amines is 1. The van der Waals surface area contributed by atoms with Gasteiger partial charge in [0.05, 0.1) is 5.39 Å². The Hall–Kier alpha value is -2.82. The quantitative estimate of drug-likeness (QED) is 0.634. The molecule has 0 saturated carbocycles. The van der Waals surface area contributed by atoms with Crippen LogP contribution in [0.1, 0.15) is 5.56 Å². The molecular weight excluding hydrogens is 252 g/mol. The van der Waals surface area contributed by atoms with Gasteiger partial charge in [-0.2, -0.15) is 5.10 Å². The van der Waals surface area contributed by atoms with Crippen LogP contribution in [0.3, 0.4) is 0 Å². The van der Waals surface area contributed by atoms with Crippen molar-refractivity contribution >= 4 is 22.3 Å². The number of nitrogens with one attached hydrogen (secondary N) is 2. The third-order valence-electron chi connectivity index (χ3n) is 3.11. The van der Waals surface area contributed by atoms with E-state index in [0.29, 0.717) is 17.7 Å². The molecule has 0 unspecified atom stereocenters. The molecule has 100 valence electrons. The van der Waals surface area contributed by atoms with Crippen molar-refractivity contribution in [2.75, 3.05) is 11.1 Å². The third kappa shape index (κ3) is 2.33. The molecule has 5 nitrogen and oxygen atoms in total. The van der Waals surface area contributed by atoms with Gasteiger partial charge in [-0.1, -0.05) is 30.3 Å². The second-order valence-electron chi connectivity index (χ2n) is 4.55. The van der Waals surface area contributed by atoms with Crippen LogP contribution in [0, 0.1) is 0 Å². The van der Waals surface area contributed by atoms with Crippen molar-refractivity contribution in [1.82, 2.24) is 10.2 Å². The number of fused-ring (bicyclic) bond motifs is 1. The van der Waals surface area contributed by atoms with E-state index in [-0.39, 0.29) is 5.56 Å². The normalized spacial score (nSPS) is 10.6. The van der Waals surface area contributed by atoms with Crippen LogP contribution < -0.4 is 16.6 Å². The molecule has 1 aromatic heterocycles. The van der Waals surface area contributed by atoms with E-state index < -0.39 is 0 Å². The maximum absolute atomic E-state index is 11.7. The van der Waals surface area contributed by atoms with Gasteiger partial charge < -0.3 is 11.1 Å². The average Bonchev–Trinajstić information content (AvgIpc) is 2.47. The van der Waals surface area contributed by atoms with E-state index in [1.165, 1.54) is 0 Å². The predicted octanol–water partition coefficient (Wildman–Crippen LogP) is 2.12. The summed E-state index contributed by atoms with van der Waals surface area (Å²) in [4.78, 5) is 11.7. The van der Waals surface area contributed by atoms with E-state index >= 15 is 0 Å². The molecule has 3 aromatic rings. The fourth-order valence-corrected chi connectivity index (χ4v) is 2.14. The lowest BCUT2D eigenvalue weighted by Crippen LogP contribution is -2.12. The molecule has 20 heavy (non-hydrogen) atoms. The summed E-state index contributed by atoms with van der Waals surface area (Å²) in [5, 5.41) is 11.2. The first-order chi connectivity index (χ1) is 9.74. The van der Waals surface area contributed by atoms with E-state index in [0.717, 1.165) is 16.6 Å². The highest BCUT2D eigenvalue weighted by Crippen LogP contribution is 2.17. The van der Waals surface area contributed by atoms with Gasteiger partial charge in [-0.15, -0.1) is 0 Å². The number of nitrogens with zero attached hydrogens (tertiary/aromatic N) is 1. The van der Waals surface area contributed by atoms with Gasteiger partial charge in [0.15, 0.2) is 5.82 Å². The van der Waals surface area contributed by atoms with Gasteiger partial charge in [-0.05, 0) is 23.8 Å². The van der Waals surface area contributed by atoms with Crippen molar-refractivity contribution in [2.45, 2.75) is 6.54 Å². The summed E-state index contributed by atoms with van der Waals surface area (Å²) < 4.78 is 0. The number of hydrogen-bond acceptors (Lipinski definition) is 4. The Morgan fingerprint density at radius 1 is 1.10 bits per heavy atom. The molecule has 0 amide bonds. The highest BCUT2D eigenvalue weighted by Gasteiger charge is 2.05. The van der Waals surface area contributed by atoms with Gasteiger partial charge in [0.25, 0.3) is 5.56 Å². The zero-order valence-corrected chi connectivity index (χ0v) is 10.8. The van der Waals surface area contributed by atoms with Crippen molar-refractivity contribution < 1.29 is 0 Å². The van der Waals surface area contributed by atoms with E-state index in [4.69, 9.17) is 5.73 Å². The SMILES string of the molecule is Nc1cccc(CNc2n[nH]c(=O)c3ccccc23)c1. The van der Waals surface area contributed by atoms with Crippen LogP contribution in [-0.4, -0.2) is 10.2 Å². The molecule has 0 fully saturated rings. The van der Waals surface area contributed by atoms with Crippen molar-refractivity contribution in [3.8, 4) is 0 Å². The number of rotatable bonds is 3. The summed E-state index contributed by atoms with van der Waals surface area (Å²) >= 11 is 0. The third-order valence-corrected chi connectivity index (χ3v) is 3.11. The van der Waals surface area contributed by atoms with E-state index in [9.17, 15) is 4.79 Å². The lowest BCUT2D eigenvalue weighted by Gasteiger charge is -2.08. The molecular formula is C15H14N4O. The maximum atomic E-state index is 11.7. The average molecular weight is 266 g/mol. The number of nitrogen functional groups attached to an aromatic ring is 1. The number of aromatic nitrogens is 2. The molecule has 5 heteroatoms. The van der Waals surface area contributed by atoms with Crippen LogP contribution in [0.2, 0.25) is 0 Å². The van der Waals surface area contributed by atoms with Crippen LogP contribution >= 0.6 is 0 Å². The number of anilines is 2. The number of benzene rings is 2. The Bertz CT molecular complexity index is 810. The number of H-pyrrole nitrogens is 1. The standard InChI is InChI=1S/C15H14N4O/c16-11-5-3-4-10(8-11)9-17-14-12-6-1-2-7-13(12)15(20)19-18-14/h1-8H,9,16H2,(H,17,18)(H,19,20). The first-order valence-corrected chi connectivity index (χ1v) is 6.30. The molecule has 0 aliphatic heterocycles. The maximum Gasteiger partial charge on any atom is 0.272 e. The van der Waals surface area contributed by atoms with Crippen LogP contribution in [0.25, 0.3) is 10.8 Å². The van der Waals surface area contributed by atoms with Gasteiger partial charge in [0.2, 0.25) is 0 Å².